The number of imide groups is 1. The van der Waals surface area contributed by atoms with Crippen molar-refractivity contribution in [1.82, 2.24) is 9.88 Å². The number of fused-ring (bicyclic) bond motifs is 1. The van der Waals surface area contributed by atoms with Crippen LogP contribution in [0.1, 0.15) is 26.3 Å². The Balaban J connectivity index is 2.42. The fourth-order valence-corrected chi connectivity index (χ4v) is 3.06. The predicted octanol–water partition coefficient (Wildman–Crippen LogP) is 1.37. The molecule has 6 nitrogen and oxygen atoms in total. The van der Waals surface area contributed by atoms with Crippen LogP contribution < -0.4 is 16.6 Å². The lowest BCUT2D eigenvalue weighted by Crippen LogP contribution is -2.25. The van der Waals surface area contributed by atoms with E-state index in [0.29, 0.717) is 10.2 Å². The Labute approximate surface area is 127 Å². The van der Waals surface area contributed by atoms with E-state index in [1.54, 1.807) is 6.07 Å². The maximum Gasteiger partial charge on any atom is 0.262 e. The molecule has 3 rings (SSSR count). The molecular formula is C14H10BrN3O3. The van der Waals surface area contributed by atoms with Crippen molar-refractivity contribution in [2.24, 2.45) is 0 Å². The molecule has 1 aliphatic rings. The number of amides is 2. The van der Waals surface area contributed by atoms with E-state index in [9.17, 15) is 14.4 Å². The molecule has 1 aromatic carbocycles. The monoisotopic (exact) mass is 347 g/mol. The standard InChI is InChI=1S/C14H10BrN3O3/c1-6-3-2-4-8(15)11(6)18-9(19)5-7-10(12(18)16)14(21)17-13(7)20/h2-5H,16H2,1H3,(H,17,20,21). The van der Waals surface area contributed by atoms with Crippen molar-refractivity contribution in [3.05, 3.63) is 55.8 Å². The van der Waals surface area contributed by atoms with Crippen molar-refractivity contribution in [2.45, 2.75) is 6.92 Å². The number of halogens is 1. The van der Waals surface area contributed by atoms with Crippen LogP contribution in [0.4, 0.5) is 5.82 Å². The van der Waals surface area contributed by atoms with Gasteiger partial charge in [-0.05, 0) is 34.5 Å². The second-order valence-electron chi connectivity index (χ2n) is 4.68. The van der Waals surface area contributed by atoms with Crippen molar-refractivity contribution in [2.75, 3.05) is 5.73 Å². The van der Waals surface area contributed by atoms with Gasteiger partial charge in [0, 0.05) is 10.5 Å². The third-order valence-corrected chi connectivity index (χ3v) is 4.01. The Kier molecular flexibility index (Phi) is 2.94. The summed E-state index contributed by atoms with van der Waals surface area (Å²) in [5, 5.41) is 2.14. The summed E-state index contributed by atoms with van der Waals surface area (Å²) in [7, 11) is 0. The number of nitrogens with two attached hydrogens (primary N) is 1. The number of nitrogen functional groups attached to an aromatic ring is 1. The minimum Gasteiger partial charge on any atom is -0.384 e. The average molecular weight is 348 g/mol. The maximum absolute atomic E-state index is 12.3. The summed E-state index contributed by atoms with van der Waals surface area (Å²) < 4.78 is 1.90. The van der Waals surface area contributed by atoms with Gasteiger partial charge in [0.1, 0.15) is 5.82 Å². The van der Waals surface area contributed by atoms with Crippen molar-refractivity contribution >= 4 is 33.6 Å². The van der Waals surface area contributed by atoms with Gasteiger partial charge in [-0.1, -0.05) is 12.1 Å². The van der Waals surface area contributed by atoms with E-state index in [1.165, 1.54) is 4.57 Å². The molecule has 106 valence electrons. The van der Waals surface area contributed by atoms with Gasteiger partial charge >= 0.3 is 0 Å². The van der Waals surface area contributed by atoms with Crippen LogP contribution in [0.3, 0.4) is 0 Å². The Bertz CT molecular complexity index is 850. The zero-order valence-electron chi connectivity index (χ0n) is 10.9. The number of carbonyl (C=O) groups excluding carboxylic acids is 2. The lowest BCUT2D eigenvalue weighted by atomic mass is 10.1. The van der Waals surface area contributed by atoms with Crippen LogP contribution in [0, 0.1) is 6.92 Å². The Morgan fingerprint density at radius 1 is 1.19 bits per heavy atom. The van der Waals surface area contributed by atoms with E-state index in [-0.39, 0.29) is 16.9 Å². The maximum atomic E-state index is 12.3. The van der Waals surface area contributed by atoms with Gasteiger partial charge in [-0.25, -0.2) is 0 Å². The zero-order valence-corrected chi connectivity index (χ0v) is 12.5. The highest BCUT2D eigenvalue weighted by molar-refractivity contribution is 9.10. The van der Waals surface area contributed by atoms with E-state index in [2.05, 4.69) is 21.2 Å². The molecule has 2 heterocycles. The molecule has 1 aromatic heterocycles. The highest BCUT2D eigenvalue weighted by Crippen LogP contribution is 2.28. The zero-order chi connectivity index (χ0) is 15.3. The number of aromatic nitrogens is 1. The van der Waals surface area contributed by atoms with Crippen molar-refractivity contribution < 1.29 is 9.59 Å². The molecule has 0 fully saturated rings. The molecule has 2 amide bonds. The fourth-order valence-electron chi connectivity index (χ4n) is 2.42. The molecule has 0 saturated carbocycles. The van der Waals surface area contributed by atoms with Crippen molar-refractivity contribution in [3.63, 3.8) is 0 Å². The number of anilines is 1. The lowest BCUT2D eigenvalue weighted by molar-refractivity contribution is 0.0880. The summed E-state index contributed by atoms with van der Waals surface area (Å²) in [6.07, 6.45) is 0. The third-order valence-electron chi connectivity index (χ3n) is 3.37. The molecule has 1 aliphatic heterocycles. The van der Waals surface area contributed by atoms with Gasteiger partial charge in [0.05, 0.1) is 16.8 Å². The van der Waals surface area contributed by atoms with Crippen LogP contribution in [0.5, 0.6) is 0 Å². The molecule has 2 aromatic rings. The number of nitrogens with zero attached hydrogens (tertiary/aromatic N) is 1. The normalized spacial score (nSPS) is 13.2. The average Bonchev–Trinajstić information content (AvgIpc) is 2.68. The predicted molar refractivity (Wildman–Crippen MR) is 80.7 cm³/mol. The minimum atomic E-state index is -0.602. The van der Waals surface area contributed by atoms with Crippen molar-refractivity contribution in [3.8, 4) is 5.69 Å². The SMILES string of the molecule is Cc1cccc(Br)c1-n1c(N)c2c(cc1=O)C(=O)NC2=O. The Morgan fingerprint density at radius 2 is 1.90 bits per heavy atom. The van der Waals surface area contributed by atoms with E-state index in [0.717, 1.165) is 11.6 Å². The van der Waals surface area contributed by atoms with Crippen LogP contribution in [-0.4, -0.2) is 16.4 Å². The smallest absolute Gasteiger partial charge is 0.262 e. The third kappa shape index (κ3) is 1.89. The number of aryl methyl sites for hydroxylation is 1. The number of rotatable bonds is 1. The summed E-state index contributed by atoms with van der Waals surface area (Å²) in [5.74, 6) is -1.24. The molecular weight excluding hydrogens is 338 g/mol. The summed E-state index contributed by atoms with van der Waals surface area (Å²) in [6.45, 7) is 1.82. The molecule has 7 heteroatoms. The van der Waals surface area contributed by atoms with Gasteiger partial charge < -0.3 is 5.73 Å². The number of nitrogens with one attached hydrogen (secondary N) is 1. The lowest BCUT2D eigenvalue weighted by Gasteiger charge is -2.15. The first-order valence-corrected chi connectivity index (χ1v) is 6.88. The molecule has 0 spiro atoms. The number of carbonyl (C=O) groups is 2. The molecule has 0 radical (unpaired) electrons. The quantitative estimate of drug-likeness (QED) is 0.762. The van der Waals surface area contributed by atoms with Crippen LogP contribution >= 0.6 is 15.9 Å². The Morgan fingerprint density at radius 3 is 2.57 bits per heavy atom. The second-order valence-corrected chi connectivity index (χ2v) is 5.53. The fraction of sp³-hybridized carbons (Fsp3) is 0.0714. The first-order valence-electron chi connectivity index (χ1n) is 6.08. The first kappa shape index (κ1) is 13.6. The van der Waals surface area contributed by atoms with E-state index in [4.69, 9.17) is 5.73 Å². The number of pyridine rings is 1. The van der Waals surface area contributed by atoms with Crippen LogP contribution in [0.15, 0.2) is 33.5 Å². The highest BCUT2D eigenvalue weighted by Gasteiger charge is 2.32. The van der Waals surface area contributed by atoms with Crippen LogP contribution in [-0.2, 0) is 0 Å². The van der Waals surface area contributed by atoms with E-state index in [1.807, 2.05) is 19.1 Å². The number of para-hydroxylation sites is 1. The van der Waals surface area contributed by atoms with Crippen LogP contribution in [0.25, 0.3) is 5.69 Å². The Hall–Kier alpha value is -2.41. The number of benzene rings is 1. The topological polar surface area (TPSA) is 94.2 Å². The van der Waals surface area contributed by atoms with Crippen molar-refractivity contribution in [1.29, 1.82) is 0 Å². The minimum absolute atomic E-state index is 0.0171. The molecule has 21 heavy (non-hydrogen) atoms. The van der Waals surface area contributed by atoms with E-state index < -0.39 is 17.4 Å². The van der Waals surface area contributed by atoms with Gasteiger partial charge in [0.2, 0.25) is 0 Å². The highest BCUT2D eigenvalue weighted by atomic mass is 79.9. The van der Waals surface area contributed by atoms with Gasteiger partial charge in [0.25, 0.3) is 17.4 Å². The van der Waals surface area contributed by atoms with Gasteiger partial charge in [-0.15, -0.1) is 0 Å². The van der Waals surface area contributed by atoms with Gasteiger partial charge in [-0.2, -0.15) is 0 Å². The summed E-state index contributed by atoms with van der Waals surface area (Å²) in [4.78, 5) is 35.8. The molecule has 0 atom stereocenters. The van der Waals surface area contributed by atoms with E-state index >= 15 is 0 Å². The molecule has 3 N–H and O–H groups in total. The molecule has 0 saturated heterocycles. The molecule has 0 unspecified atom stereocenters. The van der Waals surface area contributed by atoms with Crippen LogP contribution in [0.2, 0.25) is 0 Å². The van der Waals surface area contributed by atoms with Gasteiger partial charge in [0.15, 0.2) is 0 Å². The first-order chi connectivity index (χ1) is 9.91. The second kappa shape index (κ2) is 4.56. The number of hydrogen-bond donors (Lipinski definition) is 2. The largest absolute Gasteiger partial charge is 0.384 e. The van der Waals surface area contributed by atoms with Gasteiger partial charge in [-0.3, -0.25) is 24.3 Å². The summed E-state index contributed by atoms with van der Waals surface area (Å²) in [5.41, 5.74) is 6.93. The number of hydrogen-bond acceptors (Lipinski definition) is 4. The molecule has 0 bridgehead atoms. The summed E-state index contributed by atoms with van der Waals surface area (Å²) in [6, 6.07) is 6.55. The summed E-state index contributed by atoms with van der Waals surface area (Å²) >= 11 is 3.38. The molecule has 0 aliphatic carbocycles.